The van der Waals surface area contributed by atoms with E-state index in [1.807, 2.05) is 28.2 Å². The summed E-state index contributed by atoms with van der Waals surface area (Å²) in [4.78, 5) is 0. The average molecular weight is 221 g/mol. The molecule has 0 aliphatic heterocycles. The molecule has 0 saturated heterocycles. The molecule has 0 rings (SSSR count). The molecule has 5 N–H and O–H groups in total. The van der Waals surface area contributed by atoms with Crippen LogP contribution < -0.4 is 15.4 Å². The van der Waals surface area contributed by atoms with E-state index in [2.05, 4.69) is 26.9 Å². The molecule has 2 unspecified atom stereocenters. The molecule has 0 bridgehead atoms. The summed E-state index contributed by atoms with van der Waals surface area (Å²) in [5.41, 5.74) is 0. The lowest BCUT2D eigenvalue weighted by atomic mass is 11.3. The zero-order valence-electron chi connectivity index (χ0n) is 9.55. The Bertz CT molecular complexity index is 150. The summed E-state index contributed by atoms with van der Waals surface area (Å²) < 4.78 is 7.52. The van der Waals surface area contributed by atoms with Crippen LogP contribution in [0.15, 0.2) is 0 Å². The van der Waals surface area contributed by atoms with Gasteiger partial charge >= 0.3 is 0 Å². The number of nitrogens with one attached hydrogen (secondary N) is 1. The van der Waals surface area contributed by atoms with Gasteiger partial charge < -0.3 is 24.6 Å². The summed E-state index contributed by atoms with van der Waals surface area (Å²) in [5.74, 6) is 0. The molecule has 0 fully saturated rings. The van der Waals surface area contributed by atoms with Gasteiger partial charge in [0.2, 0.25) is 0 Å². The Hall–Kier alpha value is 0.234. The van der Waals surface area contributed by atoms with Gasteiger partial charge in [0.1, 0.15) is 0 Å². The maximum absolute atomic E-state index is 6.17. The van der Waals surface area contributed by atoms with Crippen molar-refractivity contribution < 1.29 is 0 Å². The number of nitrogens with two attached hydrogens (primary N) is 2. The van der Waals surface area contributed by atoms with Crippen LogP contribution in [-0.2, 0) is 0 Å². The van der Waals surface area contributed by atoms with Gasteiger partial charge in [-0.3, -0.25) is 0 Å². The van der Waals surface area contributed by atoms with E-state index in [-0.39, 0.29) is 0 Å². The van der Waals surface area contributed by atoms with E-state index in [4.69, 9.17) is 10.8 Å². The van der Waals surface area contributed by atoms with Gasteiger partial charge in [-0.05, 0) is 41.3 Å². The van der Waals surface area contributed by atoms with Crippen LogP contribution in [-0.4, -0.2) is 54.4 Å². The lowest BCUT2D eigenvalue weighted by Gasteiger charge is -2.39. The molecular formula is C6H23N5Si2. The number of hydrogen-bond donors (Lipinski definition) is 3. The zero-order valence-corrected chi connectivity index (χ0v) is 11.5. The third-order valence-electron chi connectivity index (χ3n) is 2.36. The van der Waals surface area contributed by atoms with Gasteiger partial charge in [-0.15, -0.1) is 0 Å². The Morgan fingerprint density at radius 1 is 0.846 bits per heavy atom. The first kappa shape index (κ1) is 13.2. The highest BCUT2D eigenvalue weighted by Gasteiger charge is 2.37. The van der Waals surface area contributed by atoms with Gasteiger partial charge in [0.15, 0.2) is 0 Å². The second-order valence-electron chi connectivity index (χ2n) is 4.21. The van der Waals surface area contributed by atoms with Gasteiger partial charge in [0.25, 0.3) is 17.1 Å². The van der Waals surface area contributed by atoms with Crippen molar-refractivity contribution in [3.63, 3.8) is 0 Å². The van der Waals surface area contributed by atoms with Crippen molar-refractivity contribution in [3.8, 4) is 0 Å². The van der Waals surface area contributed by atoms with Crippen molar-refractivity contribution in [3.05, 3.63) is 0 Å². The van der Waals surface area contributed by atoms with Crippen LogP contribution in [0.5, 0.6) is 0 Å². The summed E-state index contributed by atoms with van der Waals surface area (Å²) in [6.45, 7) is 4.10. The second-order valence-corrected chi connectivity index (χ2v) is 11.6. The van der Waals surface area contributed by atoms with E-state index in [9.17, 15) is 0 Å². The molecule has 0 aromatic heterocycles. The fraction of sp³-hybridized carbons (Fsp3) is 1.00. The summed E-state index contributed by atoms with van der Waals surface area (Å²) in [5, 5.41) is 12.3. The molecule has 0 spiro atoms. The summed E-state index contributed by atoms with van der Waals surface area (Å²) in [7, 11) is 3.94. The van der Waals surface area contributed by atoms with Crippen LogP contribution in [0.2, 0.25) is 13.1 Å². The van der Waals surface area contributed by atoms with E-state index in [1.54, 1.807) is 0 Å². The van der Waals surface area contributed by atoms with Gasteiger partial charge in [0, 0.05) is 0 Å². The highest BCUT2D eigenvalue weighted by atomic mass is 28.4. The lowest BCUT2D eigenvalue weighted by Crippen LogP contribution is -2.81. The summed E-state index contributed by atoms with van der Waals surface area (Å²) >= 11 is 0. The third kappa shape index (κ3) is 3.85. The lowest BCUT2D eigenvalue weighted by molar-refractivity contribution is 0.574. The van der Waals surface area contributed by atoms with E-state index in [1.165, 1.54) is 0 Å². The number of hydrogen-bond acceptors (Lipinski definition) is 5. The van der Waals surface area contributed by atoms with Crippen molar-refractivity contribution in [1.82, 2.24) is 13.8 Å². The van der Waals surface area contributed by atoms with Crippen LogP contribution in [0, 0.1) is 0 Å². The van der Waals surface area contributed by atoms with E-state index in [0.717, 1.165) is 0 Å². The topological polar surface area (TPSA) is 70.5 Å². The maximum Gasteiger partial charge on any atom is 0.273 e. The van der Waals surface area contributed by atoms with E-state index < -0.39 is 17.1 Å². The molecule has 0 amide bonds. The Morgan fingerprint density at radius 2 is 1.08 bits per heavy atom. The minimum atomic E-state index is -2.00. The predicted molar refractivity (Wildman–Crippen MR) is 62.1 cm³/mol. The SMILES string of the molecule is CN(C)[Si](C)(N)N[Si](C)(N)N(C)C. The van der Waals surface area contributed by atoms with Crippen molar-refractivity contribution in [2.24, 2.45) is 10.8 Å². The van der Waals surface area contributed by atoms with Crippen LogP contribution in [0.4, 0.5) is 0 Å². The molecule has 80 valence electrons. The van der Waals surface area contributed by atoms with Gasteiger partial charge in [-0.25, -0.2) is 0 Å². The molecular weight excluding hydrogens is 198 g/mol. The summed E-state index contributed by atoms with van der Waals surface area (Å²) in [6, 6.07) is 0. The van der Waals surface area contributed by atoms with Crippen molar-refractivity contribution in [2.75, 3.05) is 28.2 Å². The zero-order chi connectivity index (χ0) is 10.9. The predicted octanol–water partition coefficient (Wildman–Crippen LogP) is -1.25. The monoisotopic (exact) mass is 221 g/mol. The smallest absolute Gasteiger partial charge is 0.273 e. The van der Waals surface area contributed by atoms with Gasteiger partial charge in [-0.1, -0.05) is 0 Å². The Morgan fingerprint density at radius 3 is 1.23 bits per heavy atom. The van der Waals surface area contributed by atoms with Crippen LogP contribution in [0.1, 0.15) is 0 Å². The van der Waals surface area contributed by atoms with Gasteiger partial charge in [-0.2, -0.15) is 0 Å². The number of rotatable bonds is 4. The Labute approximate surface area is 83.6 Å². The van der Waals surface area contributed by atoms with Gasteiger partial charge in [0.05, 0.1) is 0 Å². The van der Waals surface area contributed by atoms with Crippen LogP contribution in [0.3, 0.4) is 0 Å². The van der Waals surface area contributed by atoms with Crippen molar-refractivity contribution in [1.29, 1.82) is 0 Å². The molecule has 7 heteroatoms. The number of nitrogens with zero attached hydrogens (tertiary/aromatic N) is 2. The third-order valence-corrected chi connectivity index (χ3v) is 10.1. The average Bonchev–Trinajstić information content (AvgIpc) is 1.83. The molecule has 13 heavy (non-hydrogen) atoms. The standard InChI is InChI=1S/C6H23N5Si2/c1-10(2)12(5,7)9-13(6,8)11(3)4/h9H,7-8H2,1-6H3. The minimum absolute atomic E-state index is 1.99. The highest BCUT2D eigenvalue weighted by Crippen LogP contribution is 1.99. The first-order valence-corrected chi connectivity index (χ1v) is 9.36. The van der Waals surface area contributed by atoms with E-state index in [0.29, 0.717) is 0 Å². The first-order chi connectivity index (χ1) is 5.59. The molecule has 2 atom stereocenters. The Balaban J connectivity index is 4.42. The molecule has 0 aromatic rings. The van der Waals surface area contributed by atoms with Crippen LogP contribution in [0.25, 0.3) is 0 Å². The highest BCUT2D eigenvalue weighted by molar-refractivity contribution is 6.86. The normalized spacial score (nSPS) is 21.7. The van der Waals surface area contributed by atoms with E-state index >= 15 is 0 Å². The molecule has 0 aromatic carbocycles. The summed E-state index contributed by atoms with van der Waals surface area (Å²) in [6.07, 6.45) is 0. The second kappa shape index (κ2) is 4.17. The Kier molecular flexibility index (Phi) is 4.25. The quantitative estimate of drug-likeness (QED) is 0.518. The fourth-order valence-corrected chi connectivity index (χ4v) is 6.62. The molecule has 5 nitrogen and oxygen atoms in total. The van der Waals surface area contributed by atoms with Crippen molar-refractivity contribution >= 4 is 17.1 Å². The molecule has 0 heterocycles. The van der Waals surface area contributed by atoms with Crippen molar-refractivity contribution in [2.45, 2.75) is 13.1 Å². The minimum Gasteiger partial charge on any atom is -0.327 e. The molecule has 0 aliphatic carbocycles. The fourth-order valence-electron chi connectivity index (χ4n) is 0.736. The largest absolute Gasteiger partial charge is 0.327 e. The molecule has 0 radical (unpaired) electrons. The maximum atomic E-state index is 6.17. The molecule has 0 saturated carbocycles. The van der Waals surface area contributed by atoms with Crippen LogP contribution >= 0.6 is 0 Å². The first-order valence-electron chi connectivity index (χ1n) is 4.31. The molecule has 0 aliphatic rings.